The van der Waals surface area contributed by atoms with E-state index < -0.39 is 0 Å². The number of carbonyl (C=O) groups excluding carboxylic acids is 1. The summed E-state index contributed by atoms with van der Waals surface area (Å²) in [6, 6.07) is 5.07. The number of amides is 1. The van der Waals surface area contributed by atoms with Crippen LogP contribution in [0.2, 0.25) is 0 Å². The second-order valence-electron chi connectivity index (χ2n) is 5.70. The van der Waals surface area contributed by atoms with Crippen molar-refractivity contribution in [3.63, 3.8) is 0 Å². The smallest absolute Gasteiger partial charge is 0.220 e. The molecule has 0 aromatic heterocycles. The van der Waals surface area contributed by atoms with Crippen molar-refractivity contribution in [2.24, 2.45) is 5.92 Å². The van der Waals surface area contributed by atoms with Crippen molar-refractivity contribution in [1.82, 2.24) is 5.32 Å². The lowest BCUT2D eigenvalue weighted by Crippen LogP contribution is -2.22. The molecule has 0 aliphatic carbocycles. The highest BCUT2D eigenvalue weighted by molar-refractivity contribution is 5.75. The van der Waals surface area contributed by atoms with Gasteiger partial charge in [0.05, 0.1) is 7.11 Å². The maximum Gasteiger partial charge on any atom is 0.220 e. The highest BCUT2D eigenvalue weighted by atomic mass is 16.5. The Balaban J connectivity index is 0. The van der Waals surface area contributed by atoms with Crippen molar-refractivity contribution in [1.29, 1.82) is 0 Å². The van der Waals surface area contributed by atoms with Gasteiger partial charge in [0.25, 0.3) is 0 Å². The van der Waals surface area contributed by atoms with Crippen LogP contribution in [0.4, 0.5) is 0 Å². The zero-order valence-corrected chi connectivity index (χ0v) is 14.8. The molecule has 0 aliphatic heterocycles. The third kappa shape index (κ3) is 9.86. The van der Waals surface area contributed by atoms with Crippen molar-refractivity contribution < 1.29 is 25.6 Å². The fraction of sp³-hybridized carbons (Fsp3) is 0.500. The van der Waals surface area contributed by atoms with Crippen LogP contribution < -0.4 is 10.1 Å². The molecule has 0 atom stereocenters. The van der Waals surface area contributed by atoms with E-state index in [1.54, 1.807) is 18.2 Å². The van der Waals surface area contributed by atoms with E-state index in [0.717, 1.165) is 24.8 Å². The molecule has 6 N–H and O–H groups in total. The Hall–Kier alpha value is -2.05. The first kappa shape index (κ1) is 24.2. The van der Waals surface area contributed by atoms with Gasteiger partial charge in [0.1, 0.15) is 0 Å². The second-order valence-corrected chi connectivity index (χ2v) is 5.70. The lowest BCUT2D eigenvalue weighted by molar-refractivity contribution is -0.121. The molecule has 6 heteroatoms. The highest BCUT2D eigenvalue weighted by Crippen LogP contribution is 2.26. The number of unbranched alkanes of at least 4 members (excludes halogenated alkanes) is 2. The predicted molar refractivity (Wildman–Crippen MR) is 96.2 cm³/mol. The molecule has 1 aromatic rings. The number of aromatic hydroxyl groups is 1. The van der Waals surface area contributed by atoms with Crippen LogP contribution >= 0.6 is 0 Å². The number of methoxy groups -OCH3 is 1. The maximum absolute atomic E-state index is 11.8. The summed E-state index contributed by atoms with van der Waals surface area (Å²) < 4.78 is 5.04. The molecular formula is C18H31NO5. The summed E-state index contributed by atoms with van der Waals surface area (Å²) in [5.74, 6) is 1.17. The lowest BCUT2D eigenvalue weighted by atomic mass is 10.1. The lowest BCUT2D eigenvalue weighted by Gasteiger charge is -2.08. The van der Waals surface area contributed by atoms with Crippen LogP contribution in [0.3, 0.4) is 0 Å². The van der Waals surface area contributed by atoms with E-state index in [1.165, 1.54) is 7.11 Å². The van der Waals surface area contributed by atoms with Gasteiger partial charge in [-0.2, -0.15) is 0 Å². The molecule has 0 heterocycles. The molecule has 1 amide bonds. The van der Waals surface area contributed by atoms with Gasteiger partial charge < -0.3 is 26.1 Å². The van der Waals surface area contributed by atoms with Crippen molar-refractivity contribution in [3.8, 4) is 11.5 Å². The zero-order chi connectivity index (χ0) is 16.4. The Morgan fingerprint density at radius 3 is 2.62 bits per heavy atom. The Morgan fingerprint density at radius 2 is 2.00 bits per heavy atom. The van der Waals surface area contributed by atoms with Crippen LogP contribution in [-0.4, -0.2) is 29.1 Å². The molecule has 1 rings (SSSR count). The van der Waals surface area contributed by atoms with Crippen LogP contribution in [0.25, 0.3) is 0 Å². The van der Waals surface area contributed by atoms with Gasteiger partial charge in [0.2, 0.25) is 5.91 Å². The fourth-order valence-corrected chi connectivity index (χ4v) is 2.04. The van der Waals surface area contributed by atoms with Crippen molar-refractivity contribution >= 4 is 5.91 Å². The summed E-state index contributed by atoms with van der Waals surface area (Å²) in [6.07, 6.45) is 7.88. The summed E-state index contributed by atoms with van der Waals surface area (Å²) in [5, 5.41) is 12.4. The van der Waals surface area contributed by atoms with E-state index in [9.17, 15) is 9.90 Å². The summed E-state index contributed by atoms with van der Waals surface area (Å²) >= 11 is 0. The van der Waals surface area contributed by atoms with Gasteiger partial charge in [-0.15, -0.1) is 0 Å². The van der Waals surface area contributed by atoms with Crippen LogP contribution in [0.15, 0.2) is 30.4 Å². The van der Waals surface area contributed by atoms with E-state index >= 15 is 0 Å². The van der Waals surface area contributed by atoms with Crippen LogP contribution in [-0.2, 0) is 11.3 Å². The largest absolute Gasteiger partial charge is 0.504 e. The van der Waals surface area contributed by atoms with Gasteiger partial charge in [0.15, 0.2) is 11.5 Å². The normalized spacial score (nSPS) is 10.2. The van der Waals surface area contributed by atoms with Gasteiger partial charge in [-0.3, -0.25) is 4.79 Å². The van der Waals surface area contributed by atoms with Crippen molar-refractivity contribution in [3.05, 3.63) is 35.9 Å². The number of phenolic OH excluding ortho intramolecular Hbond substituents is 1. The number of carbonyl (C=O) groups is 1. The number of hydrogen-bond donors (Lipinski definition) is 2. The van der Waals surface area contributed by atoms with Crippen LogP contribution in [0.1, 0.15) is 45.1 Å². The summed E-state index contributed by atoms with van der Waals surface area (Å²) in [6.45, 7) is 4.76. The Kier molecular flexibility index (Phi) is 13.5. The van der Waals surface area contributed by atoms with E-state index in [-0.39, 0.29) is 22.6 Å². The number of phenols is 1. The number of ether oxygens (including phenoxy) is 1. The zero-order valence-electron chi connectivity index (χ0n) is 14.8. The molecule has 0 spiro atoms. The van der Waals surface area contributed by atoms with E-state index in [0.29, 0.717) is 24.6 Å². The van der Waals surface area contributed by atoms with Gasteiger partial charge in [-0.05, 0) is 42.9 Å². The van der Waals surface area contributed by atoms with Gasteiger partial charge in [0, 0.05) is 13.0 Å². The molecule has 138 valence electrons. The van der Waals surface area contributed by atoms with Gasteiger partial charge in [-0.1, -0.05) is 32.1 Å². The molecule has 0 fully saturated rings. The Morgan fingerprint density at radius 1 is 1.29 bits per heavy atom. The minimum absolute atomic E-state index is 0. The molecule has 6 nitrogen and oxygen atoms in total. The summed E-state index contributed by atoms with van der Waals surface area (Å²) in [7, 11) is 1.51. The first-order valence-corrected chi connectivity index (χ1v) is 7.82. The first-order valence-electron chi connectivity index (χ1n) is 7.82. The summed E-state index contributed by atoms with van der Waals surface area (Å²) in [4.78, 5) is 11.8. The standard InChI is InChI=1S/C18H27NO3.2H2O/c1-14(2)8-6-4-5-7-9-18(21)19-13-15-10-11-16(20)17(12-15)22-3;;/h6,8,10-12,14,20H,4-5,7,9,13H2,1-3H3,(H,19,21);2*1H2. The number of nitrogens with one attached hydrogen (secondary N) is 1. The minimum atomic E-state index is 0. The molecule has 0 unspecified atom stereocenters. The monoisotopic (exact) mass is 341 g/mol. The fourth-order valence-electron chi connectivity index (χ4n) is 2.04. The SMILES string of the molecule is COc1cc(CNC(=O)CCCCC=CC(C)C)ccc1O.O.O. The van der Waals surface area contributed by atoms with Crippen LogP contribution in [0, 0.1) is 5.92 Å². The molecule has 0 aliphatic rings. The molecule has 0 radical (unpaired) electrons. The van der Waals surface area contributed by atoms with E-state index in [4.69, 9.17) is 4.74 Å². The van der Waals surface area contributed by atoms with E-state index in [1.807, 2.05) is 0 Å². The summed E-state index contributed by atoms with van der Waals surface area (Å²) in [5.41, 5.74) is 0.905. The number of rotatable bonds is 9. The molecule has 24 heavy (non-hydrogen) atoms. The Bertz CT molecular complexity index is 500. The minimum Gasteiger partial charge on any atom is -0.504 e. The number of allylic oxidation sites excluding steroid dienone is 2. The number of hydrogen-bond acceptors (Lipinski definition) is 3. The van der Waals surface area contributed by atoms with E-state index in [2.05, 4.69) is 31.3 Å². The van der Waals surface area contributed by atoms with Crippen molar-refractivity contribution in [2.75, 3.05) is 7.11 Å². The van der Waals surface area contributed by atoms with Crippen LogP contribution in [0.5, 0.6) is 11.5 Å². The highest BCUT2D eigenvalue weighted by Gasteiger charge is 2.04. The number of benzene rings is 1. The molecular weight excluding hydrogens is 310 g/mol. The van der Waals surface area contributed by atoms with Crippen molar-refractivity contribution in [2.45, 2.75) is 46.1 Å². The third-order valence-corrected chi connectivity index (χ3v) is 3.28. The topological polar surface area (TPSA) is 122 Å². The first-order chi connectivity index (χ1) is 10.5. The second kappa shape index (κ2) is 13.4. The molecule has 0 saturated carbocycles. The Labute approximate surface area is 144 Å². The molecule has 0 saturated heterocycles. The third-order valence-electron chi connectivity index (χ3n) is 3.28. The predicted octanol–water partition coefficient (Wildman–Crippen LogP) is 2.14. The molecule has 1 aromatic carbocycles. The average molecular weight is 341 g/mol. The van der Waals surface area contributed by atoms with Gasteiger partial charge in [-0.25, -0.2) is 0 Å². The average Bonchev–Trinajstić information content (AvgIpc) is 2.49. The quantitative estimate of drug-likeness (QED) is 0.528. The maximum atomic E-state index is 11.8. The van der Waals surface area contributed by atoms with Gasteiger partial charge >= 0.3 is 0 Å². The molecule has 0 bridgehead atoms.